The van der Waals surface area contributed by atoms with Crippen LogP contribution < -0.4 is 9.47 Å². The van der Waals surface area contributed by atoms with E-state index in [-0.39, 0.29) is 11.7 Å². The van der Waals surface area contributed by atoms with E-state index in [0.717, 1.165) is 28.0 Å². The van der Waals surface area contributed by atoms with Crippen LogP contribution in [0.25, 0.3) is 11.6 Å². The topological polar surface area (TPSA) is 55.8 Å². The highest BCUT2D eigenvalue weighted by molar-refractivity contribution is 5.98. The number of carbonyl (C=O) groups excluding carboxylic acids is 1. The van der Waals surface area contributed by atoms with Crippen LogP contribution in [0.1, 0.15) is 34.6 Å². The van der Waals surface area contributed by atoms with Gasteiger partial charge < -0.3 is 14.6 Å². The van der Waals surface area contributed by atoms with Gasteiger partial charge in [-0.25, -0.2) is 0 Å². The highest BCUT2D eigenvalue weighted by Crippen LogP contribution is 2.51. The van der Waals surface area contributed by atoms with E-state index < -0.39 is 11.5 Å². The molecule has 0 radical (unpaired) electrons. The second-order valence-corrected chi connectivity index (χ2v) is 9.80. The summed E-state index contributed by atoms with van der Waals surface area (Å²) < 4.78 is 10.7. The van der Waals surface area contributed by atoms with Gasteiger partial charge in [0.1, 0.15) is 17.1 Å². The van der Waals surface area contributed by atoms with Crippen molar-refractivity contribution in [1.82, 2.24) is 0 Å². The van der Waals surface area contributed by atoms with Crippen molar-refractivity contribution in [3.8, 4) is 11.5 Å². The van der Waals surface area contributed by atoms with Crippen LogP contribution in [0, 0.1) is 5.92 Å². The van der Waals surface area contributed by atoms with E-state index in [0.29, 0.717) is 17.7 Å². The number of hydrogen-bond acceptors (Lipinski definition) is 4. The quantitative estimate of drug-likeness (QED) is 0.255. The minimum atomic E-state index is -1.56. The monoisotopic (exact) mass is 516 g/mol. The fourth-order valence-corrected chi connectivity index (χ4v) is 5.47. The largest absolute Gasteiger partial charge is 0.497 e. The molecule has 0 saturated heterocycles. The molecule has 4 nitrogen and oxygen atoms in total. The van der Waals surface area contributed by atoms with Gasteiger partial charge in [-0.05, 0) is 70.7 Å². The number of hydrogen-bond donors (Lipinski definition) is 1. The van der Waals surface area contributed by atoms with Crippen molar-refractivity contribution < 1.29 is 19.4 Å². The van der Waals surface area contributed by atoms with Crippen LogP contribution in [0.3, 0.4) is 0 Å². The third kappa shape index (κ3) is 5.57. The average Bonchev–Trinajstić information content (AvgIpc) is 3.00. The molecule has 1 N–H and O–H groups in total. The van der Waals surface area contributed by atoms with Gasteiger partial charge in [0.05, 0.1) is 20.1 Å². The van der Waals surface area contributed by atoms with Crippen molar-refractivity contribution >= 4 is 17.4 Å². The zero-order chi connectivity index (χ0) is 27.2. The van der Waals surface area contributed by atoms with Crippen LogP contribution in [0.15, 0.2) is 121 Å². The first-order chi connectivity index (χ1) is 19.0. The summed E-state index contributed by atoms with van der Waals surface area (Å²) in [5.74, 6) is 0.322. The number of rotatable bonds is 8. The van der Waals surface area contributed by atoms with Crippen LogP contribution >= 0.6 is 0 Å². The molecule has 4 aromatic carbocycles. The smallest absolute Gasteiger partial charge is 0.162 e. The first-order valence-corrected chi connectivity index (χ1v) is 13.1. The standard InChI is InChI=1S/C35H32O4/c1-38-30-18-14-26(15-19-30)28-23-32(27-11-7-4-8-12-27)34(33(36)22-13-25-9-5-3-6-10-25)35(37,24-28)29-16-20-31(39-2)21-17-29/h3-22,24,32,34,37H,23H2,1-2H3/t32-,34+,35+/m0/s1. The van der Waals surface area contributed by atoms with Crippen LogP contribution in [0.5, 0.6) is 11.5 Å². The molecule has 4 aromatic rings. The summed E-state index contributed by atoms with van der Waals surface area (Å²) in [4.78, 5) is 14.1. The van der Waals surface area contributed by atoms with Crippen molar-refractivity contribution in [2.24, 2.45) is 5.92 Å². The predicted molar refractivity (Wildman–Crippen MR) is 156 cm³/mol. The fourth-order valence-electron chi connectivity index (χ4n) is 5.47. The molecular weight excluding hydrogens is 484 g/mol. The maximum Gasteiger partial charge on any atom is 0.162 e. The number of ether oxygens (including phenoxy) is 2. The van der Waals surface area contributed by atoms with Crippen molar-refractivity contribution in [3.05, 3.63) is 144 Å². The summed E-state index contributed by atoms with van der Waals surface area (Å²) in [5.41, 5.74) is 2.98. The van der Waals surface area contributed by atoms with Gasteiger partial charge in [0.25, 0.3) is 0 Å². The first kappa shape index (κ1) is 26.2. The summed E-state index contributed by atoms with van der Waals surface area (Å²) >= 11 is 0. The predicted octanol–water partition coefficient (Wildman–Crippen LogP) is 7.06. The van der Waals surface area contributed by atoms with Crippen LogP contribution in [0.2, 0.25) is 0 Å². The number of allylic oxidation sites excluding steroid dienone is 2. The van der Waals surface area contributed by atoms with Gasteiger partial charge in [-0.15, -0.1) is 0 Å². The minimum absolute atomic E-state index is 0.129. The summed E-state index contributed by atoms with van der Waals surface area (Å²) in [6.07, 6.45) is 5.90. The third-order valence-corrected chi connectivity index (χ3v) is 7.50. The second-order valence-electron chi connectivity index (χ2n) is 9.80. The molecule has 196 valence electrons. The normalized spacial score (nSPS) is 20.8. The maximum absolute atomic E-state index is 14.1. The number of carbonyl (C=O) groups is 1. The Balaban J connectivity index is 1.67. The summed E-state index contributed by atoms with van der Waals surface area (Å²) in [7, 11) is 3.25. The third-order valence-electron chi connectivity index (χ3n) is 7.50. The average molecular weight is 517 g/mol. The molecule has 4 heteroatoms. The molecule has 0 fully saturated rings. The molecule has 1 aliphatic carbocycles. The lowest BCUT2D eigenvalue weighted by Crippen LogP contribution is -2.44. The van der Waals surface area contributed by atoms with Gasteiger partial charge in [-0.1, -0.05) is 91.0 Å². The molecular formula is C35H32O4. The van der Waals surface area contributed by atoms with Gasteiger partial charge >= 0.3 is 0 Å². The van der Waals surface area contributed by atoms with Gasteiger partial charge in [0.2, 0.25) is 0 Å². The Bertz CT molecular complexity index is 1460. The van der Waals surface area contributed by atoms with Gasteiger partial charge in [0.15, 0.2) is 5.78 Å². The van der Waals surface area contributed by atoms with E-state index in [2.05, 4.69) is 0 Å². The van der Waals surface area contributed by atoms with E-state index in [1.165, 1.54) is 0 Å². The molecule has 0 saturated carbocycles. The Morgan fingerprint density at radius 2 is 1.36 bits per heavy atom. The number of methoxy groups -OCH3 is 2. The van der Waals surface area contributed by atoms with E-state index in [4.69, 9.17) is 9.47 Å². The van der Waals surface area contributed by atoms with Gasteiger partial charge in [-0.2, -0.15) is 0 Å². The zero-order valence-corrected chi connectivity index (χ0v) is 22.2. The molecule has 0 aromatic heterocycles. The molecule has 1 aliphatic rings. The van der Waals surface area contributed by atoms with Crippen molar-refractivity contribution in [2.45, 2.75) is 17.9 Å². The highest BCUT2D eigenvalue weighted by atomic mass is 16.5. The summed E-state index contributed by atoms with van der Waals surface area (Å²) in [6, 6.07) is 34.9. The van der Waals surface area contributed by atoms with Gasteiger partial charge in [-0.3, -0.25) is 4.79 Å². The molecule has 0 amide bonds. The SMILES string of the molecule is COc1ccc(C2=C[C@@](O)(c3ccc(OC)cc3)[C@@H](C(=O)C=Cc3ccccc3)[C@H](c3ccccc3)C2)cc1. The summed E-state index contributed by atoms with van der Waals surface area (Å²) in [6.45, 7) is 0. The molecule has 0 heterocycles. The Kier molecular flexibility index (Phi) is 7.76. The van der Waals surface area contributed by atoms with Crippen molar-refractivity contribution in [1.29, 1.82) is 0 Å². The Hall–Kier alpha value is -4.41. The Labute approximate surface area is 229 Å². The lowest BCUT2D eigenvalue weighted by molar-refractivity contribution is -0.127. The Morgan fingerprint density at radius 1 is 0.795 bits per heavy atom. The molecule has 0 aliphatic heterocycles. The Morgan fingerprint density at radius 3 is 1.95 bits per heavy atom. The van der Waals surface area contributed by atoms with Crippen LogP contribution in [-0.4, -0.2) is 25.1 Å². The maximum atomic E-state index is 14.1. The molecule has 39 heavy (non-hydrogen) atoms. The lowest BCUT2D eigenvalue weighted by Gasteiger charge is -2.43. The zero-order valence-electron chi connectivity index (χ0n) is 22.2. The van der Waals surface area contributed by atoms with Crippen molar-refractivity contribution in [2.75, 3.05) is 14.2 Å². The number of ketones is 1. The van der Waals surface area contributed by atoms with E-state index in [1.54, 1.807) is 20.3 Å². The fraction of sp³-hybridized carbons (Fsp3) is 0.171. The van der Waals surface area contributed by atoms with E-state index in [9.17, 15) is 9.90 Å². The number of aliphatic hydroxyl groups is 1. The van der Waals surface area contributed by atoms with Crippen LogP contribution in [0.4, 0.5) is 0 Å². The van der Waals surface area contributed by atoms with Gasteiger partial charge in [0, 0.05) is 5.92 Å². The number of benzene rings is 4. The molecule has 0 spiro atoms. The van der Waals surface area contributed by atoms with Crippen molar-refractivity contribution in [3.63, 3.8) is 0 Å². The summed E-state index contributed by atoms with van der Waals surface area (Å²) in [5, 5.41) is 12.6. The van der Waals surface area contributed by atoms with E-state index >= 15 is 0 Å². The molecule has 0 unspecified atom stereocenters. The molecule has 3 atom stereocenters. The second kappa shape index (κ2) is 11.5. The molecule has 5 rings (SSSR count). The van der Waals surface area contributed by atoms with E-state index in [1.807, 2.05) is 121 Å². The lowest BCUT2D eigenvalue weighted by atomic mass is 9.63. The van der Waals surface area contributed by atoms with Crippen LogP contribution in [-0.2, 0) is 10.4 Å². The minimum Gasteiger partial charge on any atom is -0.497 e. The highest BCUT2D eigenvalue weighted by Gasteiger charge is 2.48. The first-order valence-electron chi connectivity index (χ1n) is 13.1. The molecule has 0 bridgehead atoms.